The van der Waals surface area contributed by atoms with Crippen molar-refractivity contribution in [3.05, 3.63) is 53.8 Å². The average molecular weight is 482 g/mol. The lowest BCUT2D eigenvalue weighted by Crippen LogP contribution is -2.28. The Morgan fingerprint density at radius 3 is 2.68 bits per heavy atom. The van der Waals surface area contributed by atoms with Crippen molar-refractivity contribution in [3.63, 3.8) is 0 Å². The number of nitrogens with zero attached hydrogens (tertiary/aromatic N) is 5. The Labute approximate surface area is 197 Å². The second-order valence-electron chi connectivity index (χ2n) is 7.09. The molecule has 4 heterocycles. The normalized spacial score (nSPS) is 10.7. The van der Waals surface area contributed by atoms with E-state index in [1.165, 1.54) is 30.7 Å². The number of hydrogen-bond donors (Lipinski definition) is 2. The van der Waals surface area contributed by atoms with Crippen LogP contribution < -0.4 is 10.6 Å². The fraction of sp³-hybridized carbons (Fsp3) is 0.182. The number of amides is 2. The predicted octanol–water partition coefficient (Wildman–Crippen LogP) is 3.73. The van der Waals surface area contributed by atoms with E-state index in [9.17, 15) is 14.0 Å². The highest BCUT2D eigenvalue weighted by atomic mass is 32.1. The summed E-state index contributed by atoms with van der Waals surface area (Å²) in [5.41, 5.74) is 2.50. The summed E-state index contributed by atoms with van der Waals surface area (Å²) in [5, 5.41) is 11.8. The van der Waals surface area contributed by atoms with Crippen molar-refractivity contribution in [3.8, 4) is 33.0 Å². The van der Waals surface area contributed by atoms with Crippen LogP contribution in [0.1, 0.15) is 17.3 Å². The van der Waals surface area contributed by atoms with Gasteiger partial charge in [0.15, 0.2) is 0 Å². The van der Waals surface area contributed by atoms with Gasteiger partial charge in [-0.1, -0.05) is 0 Å². The number of urea groups is 1. The second-order valence-corrected chi connectivity index (χ2v) is 7.95. The monoisotopic (exact) mass is 481 g/mol. The summed E-state index contributed by atoms with van der Waals surface area (Å²) in [7, 11) is 3.04. The Morgan fingerprint density at radius 1 is 1.15 bits per heavy atom. The van der Waals surface area contributed by atoms with E-state index in [0.29, 0.717) is 28.4 Å². The maximum Gasteiger partial charge on any atom is 0.339 e. The molecule has 0 bridgehead atoms. The molecule has 2 amide bonds. The molecule has 0 aliphatic rings. The molecule has 0 aliphatic carbocycles. The zero-order valence-electron chi connectivity index (χ0n) is 18.5. The lowest BCUT2D eigenvalue weighted by molar-refractivity contribution is 0.0600. The molecular weight excluding hydrogens is 461 g/mol. The number of rotatable bonds is 6. The SMILES string of the molecule is CCNC(=O)Nc1cc(-c2nc(-c3cnn(C)c3)cs2)c(-c2cc(C(=O)OC)cnc2F)cn1. The Morgan fingerprint density at radius 2 is 1.97 bits per heavy atom. The van der Waals surface area contributed by atoms with Gasteiger partial charge in [0.05, 0.1) is 24.6 Å². The van der Waals surface area contributed by atoms with Gasteiger partial charge in [0.25, 0.3) is 0 Å². The summed E-state index contributed by atoms with van der Waals surface area (Å²) in [6.07, 6.45) is 6.03. The first-order chi connectivity index (χ1) is 16.4. The van der Waals surface area contributed by atoms with Crippen molar-refractivity contribution >= 4 is 29.2 Å². The number of anilines is 1. The van der Waals surface area contributed by atoms with Crippen LogP contribution in [0.15, 0.2) is 42.3 Å². The third-order valence-corrected chi connectivity index (χ3v) is 5.64. The Balaban J connectivity index is 1.84. The van der Waals surface area contributed by atoms with Gasteiger partial charge in [0.2, 0.25) is 5.95 Å². The first-order valence-corrected chi connectivity index (χ1v) is 11.0. The number of aryl methyl sites for hydroxylation is 1. The lowest BCUT2D eigenvalue weighted by Gasteiger charge is -2.12. The number of nitrogens with one attached hydrogen (secondary N) is 2. The minimum absolute atomic E-state index is 0.0492. The van der Waals surface area contributed by atoms with Crippen LogP contribution >= 0.6 is 11.3 Å². The van der Waals surface area contributed by atoms with Crippen LogP contribution in [-0.2, 0) is 11.8 Å². The van der Waals surface area contributed by atoms with E-state index in [-0.39, 0.29) is 16.9 Å². The summed E-state index contributed by atoms with van der Waals surface area (Å²) in [4.78, 5) is 36.6. The number of thiazole rings is 1. The van der Waals surface area contributed by atoms with Crippen LogP contribution in [0.2, 0.25) is 0 Å². The van der Waals surface area contributed by atoms with E-state index >= 15 is 0 Å². The number of methoxy groups -OCH3 is 1. The molecule has 0 aromatic carbocycles. The molecule has 0 saturated heterocycles. The van der Waals surface area contributed by atoms with Crippen molar-refractivity contribution in [2.45, 2.75) is 6.92 Å². The quantitative estimate of drug-likeness (QED) is 0.318. The zero-order chi connectivity index (χ0) is 24.2. The topological polar surface area (TPSA) is 124 Å². The summed E-state index contributed by atoms with van der Waals surface area (Å²) in [5.74, 6) is -1.18. The first-order valence-electron chi connectivity index (χ1n) is 10.1. The highest BCUT2D eigenvalue weighted by Crippen LogP contribution is 2.37. The lowest BCUT2D eigenvalue weighted by atomic mass is 10.0. The largest absolute Gasteiger partial charge is 0.465 e. The van der Waals surface area contributed by atoms with E-state index < -0.39 is 17.9 Å². The van der Waals surface area contributed by atoms with Gasteiger partial charge < -0.3 is 10.1 Å². The molecule has 10 nitrogen and oxygen atoms in total. The first kappa shape index (κ1) is 23.0. The molecule has 4 aromatic heterocycles. The number of esters is 1. The molecule has 0 fully saturated rings. The summed E-state index contributed by atoms with van der Waals surface area (Å²) in [6, 6.07) is 2.52. The molecule has 174 valence electrons. The fourth-order valence-corrected chi connectivity index (χ4v) is 4.05. The fourth-order valence-electron chi connectivity index (χ4n) is 3.19. The van der Waals surface area contributed by atoms with Gasteiger partial charge in [-0.2, -0.15) is 9.49 Å². The van der Waals surface area contributed by atoms with Gasteiger partial charge in [-0.05, 0) is 19.1 Å². The van der Waals surface area contributed by atoms with Crippen LogP contribution in [0.3, 0.4) is 0 Å². The molecule has 0 unspecified atom stereocenters. The molecule has 0 saturated carbocycles. The van der Waals surface area contributed by atoms with Crippen LogP contribution in [0.5, 0.6) is 0 Å². The summed E-state index contributed by atoms with van der Waals surface area (Å²) >= 11 is 1.34. The molecule has 4 aromatic rings. The number of halogens is 1. The van der Waals surface area contributed by atoms with Gasteiger partial charge in [-0.15, -0.1) is 11.3 Å². The number of aromatic nitrogens is 5. The van der Waals surface area contributed by atoms with E-state index in [2.05, 4.69) is 30.7 Å². The van der Waals surface area contributed by atoms with E-state index in [1.54, 1.807) is 30.9 Å². The highest BCUT2D eigenvalue weighted by Gasteiger charge is 2.20. The minimum atomic E-state index is -0.788. The average Bonchev–Trinajstić information content (AvgIpc) is 3.48. The van der Waals surface area contributed by atoms with Crippen molar-refractivity contribution in [2.24, 2.45) is 7.05 Å². The standard InChI is InChI=1S/C22H20FN7O3S/c1-4-24-22(32)29-18-6-15(20-28-17(11-34-20)13-8-27-30(2)10-13)16(9-25-18)14-5-12(21(31)33-3)7-26-19(14)23/h5-11H,4H2,1-3H3,(H2,24,25,29,32). The molecule has 0 spiro atoms. The van der Waals surface area contributed by atoms with E-state index in [0.717, 1.165) is 11.8 Å². The number of carbonyl (C=O) groups is 2. The minimum Gasteiger partial charge on any atom is -0.465 e. The van der Waals surface area contributed by atoms with Gasteiger partial charge in [0.1, 0.15) is 10.8 Å². The number of ether oxygens (including phenoxy) is 1. The zero-order valence-corrected chi connectivity index (χ0v) is 19.3. The maximum atomic E-state index is 14.8. The van der Waals surface area contributed by atoms with Crippen LogP contribution in [-0.4, -0.2) is 50.4 Å². The highest BCUT2D eigenvalue weighted by molar-refractivity contribution is 7.13. The third kappa shape index (κ3) is 4.76. The van der Waals surface area contributed by atoms with Gasteiger partial charge >= 0.3 is 12.0 Å². The van der Waals surface area contributed by atoms with Crippen molar-refractivity contribution < 1.29 is 18.7 Å². The van der Waals surface area contributed by atoms with Crippen LogP contribution in [0.4, 0.5) is 15.0 Å². The predicted molar refractivity (Wildman–Crippen MR) is 125 cm³/mol. The van der Waals surface area contributed by atoms with Crippen molar-refractivity contribution in [1.29, 1.82) is 0 Å². The van der Waals surface area contributed by atoms with E-state index in [4.69, 9.17) is 4.74 Å². The molecule has 0 atom stereocenters. The third-order valence-electron chi connectivity index (χ3n) is 4.77. The Hall–Kier alpha value is -4.19. The van der Waals surface area contributed by atoms with E-state index in [1.807, 2.05) is 11.6 Å². The van der Waals surface area contributed by atoms with Crippen LogP contribution in [0.25, 0.3) is 33.0 Å². The van der Waals surface area contributed by atoms with Gasteiger partial charge in [-0.3, -0.25) is 10.00 Å². The number of hydrogen-bond acceptors (Lipinski definition) is 8. The van der Waals surface area contributed by atoms with Crippen molar-refractivity contribution in [1.82, 2.24) is 30.0 Å². The Bertz CT molecular complexity index is 1370. The molecule has 2 N–H and O–H groups in total. The smallest absolute Gasteiger partial charge is 0.339 e. The molecule has 12 heteroatoms. The van der Waals surface area contributed by atoms with Crippen LogP contribution in [0, 0.1) is 5.95 Å². The van der Waals surface area contributed by atoms with Gasteiger partial charge in [0, 0.05) is 59.8 Å². The number of pyridine rings is 2. The Kier molecular flexibility index (Phi) is 6.59. The summed E-state index contributed by atoms with van der Waals surface area (Å²) in [6.45, 7) is 2.23. The summed E-state index contributed by atoms with van der Waals surface area (Å²) < 4.78 is 21.2. The van der Waals surface area contributed by atoms with Crippen molar-refractivity contribution in [2.75, 3.05) is 19.0 Å². The molecule has 4 rings (SSSR count). The molecule has 34 heavy (non-hydrogen) atoms. The number of carbonyl (C=O) groups excluding carboxylic acids is 2. The molecular formula is C22H20FN7O3S. The van der Waals surface area contributed by atoms with Gasteiger partial charge in [-0.25, -0.2) is 24.5 Å². The second kappa shape index (κ2) is 9.75. The molecule has 0 aliphatic heterocycles. The molecule has 0 radical (unpaired) electrons. The maximum absolute atomic E-state index is 14.8.